The molecule has 4 rings (SSSR count). The van der Waals surface area contributed by atoms with Crippen molar-refractivity contribution in [3.8, 4) is 5.75 Å². The lowest BCUT2D eigenvalue weighted by molar-refractivity contribution is -0.120. The number of carbonyl (C=O) groups is 1. The molecule has 27 heavy (non-hydrogen) atoms. The summed E-state index contributed by atoms with van der Waals surface area (Å²) in [7, 11) is 1.62. The Morgan fingerprint density at radius 3 is 2.89 bits per heavy atom. The van der Waals surface area contributed by atoms with Gasteiger partial charge in [0.2, 0.25) is 5.91 Å². The molecule has 3 aromatic rings. The summed E-state index contributed by atoms with van der Waals surface area (Å²) in [5, 5.41) is 7.79. The molecule has 0 saturated carbocycles. The Morgan fingerprint density at radius 2 is 2.11 bits per heavy atom. The molecule has 1 saturated heterocycles. The average Bonchev–Trinajstić information content (AvgIpc) is 3.10. The molecular weight excluding hydrogens is 346 g/mol. The minimum atomic E-state index is -0.119. The Morgan fingerprint density at radius 1 is 1.30 bits per heavy atom. The molecule has 1 amide bonds. The molecule has 1 N–H and O–H groups in total. The monoisotopic (exact) mass is 367 g/mol. The van der Waals surface area contributed by atoms with Gasteiger partial charge in [0.25, 0.3) is 5.71 Å². The van der Waals surface area contributed by atoms with Gasteiger partial charge in [0.05, 0.1) is 18.7 Å². The number of carbonyl (C=O) groups excluding carboxylic acids is 1. The van der Waals surface area contributed by atoms with Crippen molar-refractivity contribution in [1.82, 2.24) is 15.1 Å². The molecule has 0 aliphatic carbocycles. The van der Waals surface area contributed by atoms with Crippen LogP contribution in [0, 0.1) is 12.8 Å². The fourth-order valence-corrected chi connectivity index (χ4v) is 3.45. The first-order valence-electron chi connectivity index (χ1n) is 8.92. The van der Waals surface area contributed by atoms with E-state index in [-0.39, 0.29) is 11.8 Å². The maximum atomic E-state index is 12.7. The lowest BCUT2D eigenvalue weighted by Crippen LogP contribution is -2.41. The van der Waals surface area contributed by atoms with Crippen LogP contribution in [-0.2, 0) is 4.79 Å². The molecule has 2 aromatic heterocycles. The molecule has 3 heterocycles. The van der Waals surface area contributed by atoms with Gasteiger partial charge in [0.15, 0.2) is 0 Å². The van der Waals surface area contributed by atoms with Gasteiger partial charge in [-0.1, -0.05) is 5.16 Å². The predicted octanol–water partition coefficient (Wildman–Crippen LogP) is 2.79. The fourth-order valence-electron chi connectivity index (χ4n) is 3.45. The van der Waals surface area contributed by atoms with Crippen LogP contribution in [0.3, 0.4) is 0 Å². The lowest BCUT2D eigenvalue weighted by atomic mass is 9.96. The standard InChI is InChI=1S/C19H21N5O3/c1-12-16-17(20-11-21-19(16)27-23-12)24-9-3-4-13(10-24)18(25)22-14-5-7-15(26-2)8-6-14/h5-8,11,13H,3-4,9-10H2,1-2H3,(H,22,25)/t13-/m1/s1. The Kier molecular flexibility index (Phi) is 4.62. The normalized spacial score (nSPS) is 17.1. The van der Waals surface area contributed by atoms with Crippen LogP contribution >= 0.6 is 0 Å². The third kappa shape index (κ3) is 3.42. The molecule has 0 spiro atoms. The number of amides is 1. The lowest BCUT2D eigenvalue weighted by Gasteiger charge is -2.33. The van der Waals surface area contributed by atoms with Gasteiger partial charge in [-0.3, -0.25) is 4.79 Å². The van der Waals surface area contributed by atoms with Crippen LogP contribution in [0.4, 0.5) is 11.5 Å². The van der Waals surface area contributed by atoms with Crippen molar-refractivity contribution in [2.45, 2.75) is 19.8 Å². The van der Waals surface area contributed by atoms with Gasteiger partial charge >= 0.3 is 0 Å². The van der Waals surface area contributed by atoms with Crippen LogP contribution in [0.25, 0.3) is 11.1 Å². The zero-order valence-corrected chi connectivity index (χ0v) is 15.3. The minimum absolute atomic E-state index is 0.0113. The van der Waals surface area contributed by atoms with Gasteiger partial charge in [-0.05, 0) is 44.0 Å². The summed E-state index contributed by atoms with van der Waals surface area (Å²) < 4.78 is 10.4. The molecule has 1 fully saturated rings. The SMILES string of the molecule is COc1ccc(NC(=O)[C@@H]2CCCN(c3ncnc4onc(C)c34)C2)cc1. The Balaban J connectivity index is 1.50. The summed E-state index contributed by atoms with van der Waals surface area (Å²) >= 11 is 0. The number of nitrogens with one attached hydrogen (secondary N) is 1. The van der Waals surface area contributed by atoms with Crippen molar-refractivity contribution in [3.05, 3.63) is 36.3 Å². The Hall–Kier alpha value is -3.16. The van der Waals surface area contributed by atoms with Gasteiger partial charge in [-0.2, -0.15) is 4.98 Å². The zero-order chi connectivity index (χ0) is 18.8. The second-order valence-corrected chi connectivity index (χ2v) is 6.65. The third-order valence-corrected chi connectivity index (χ3v) is 4.87. The van der Waals surface area contributed by atoms with Gasteiger partial charge in [-0.15, -0.1) is 0 Å². The molecule has 0 unspecified atom stereocenters. The summed E-state index contributed by atoms with van der Waals surface area (Å²) in [5.74, 6) is 1.43. The van der Waals surface area contributed by atoms with Crippen molar-refractivity contribution < 1.29 is 14.1 Å². The van der Waals surface area contributed by atoms with E-state index in [1.165, 1.54) is 6.33 Å². The van der Waals surface area contributed by atoms with E-state index in [4.69, 9.17) is 9.26 Å². The summed E-state index contributed by atoms with van der Waals surface area (Å²) in [5.41, 5.74) is 1.99. The number of hydrogen-bond donors (Lipinski definition) is 1. The number of aryl methyl sites for hydroxylation is 1. The molecule has 8 heteroatoms. The van der Waals surface area contributed by atoms with Crippen molar-refractivity contribution in [2.75, 3.05) is 30.4 Å². The largest absolute Gasteiger partial charge is 0.497 e. The van der Waals surface area contributed by atoms with Crippen LogP contribution in [-0.4, -0.2) is 41.2 Å². The number of aromatic nitrogens is 3. The number of fused-ring (bicyclic) bond motifs is 1. The number of anilines is 2. The number of rotatable bonds is 4. The number of benzene rings is 1. The molecule has 1 atom stereocenters. The van der Waals surface area contributed by atoms with Gasteiger partial charge in [0.1, 0.15) is 23.3 Å². The average molecular weight is 367 g/mol. The molecular formula is C19H21N5O3. The highest BCUT2D eigenvalue weighted by Gasteiger charge is 2.28. The number of nitrogens with zero attached hydrogens (tertiary/aromatic N) is 4. The summed E-state index contributed by atoms with van der Waals surface area (Å²) in [6.07, 6.45) is 3.23. The quantitative estimate of drug-likeness (QED) is 0.758. The van der Waals surface area contributed by atoms with Gasteiger partial charge in [0, 0.05) is 18.8 Å². The third-order valence-electron chi connectivity index (χ3n) is 4.87. The smallest absolute Gasteiger partial charge is 0.263 e. The summed E-state index contributed by atoms with van der Waals surface area (Å²) in [6.45, 7) is 3.30. The number of hydrogen-bond acceptors (Lipinski definition) is 7. The van der Waals surface area contributed by atoms with E-state index in [2.05, 4.69) is 25.3 Å². The highest BCUT2D eigenvalue weighted by molar-refractivity contribution is 5.93. The van der Waals surface area contributed by atoms with Gasteiger partial charge < -0.3 is 19.5 Å². The van der Waals surface area contributed by atoms with Crippen molar-refractivity contribution in [1.29, 1.82) is 0 Å². The topological polar surface area (TPSA) is 93.4 Å². The molecule has 1 aliphatic rings. The number of piperidine rings is 1. The van der Waals surface area contributed by atoms with E-state index < -0.39 is 0 Å². The molecule has 0 radical (unpaired) electrons. The van der Waals surface area contributed by atoms with Crippen LogP contribution in [0.1, 0.15) is 18.5 Å². The molecule has 0 bridgehead atoms. The van der Waals surface area contributed by atoms with Crippen molar-refractivity contribution >= 4 is 28.5 Å². The van der Waals surface area contributed by atoms with Crippen molar-refractivity contribution in [3.63, 3.8) is 0 Å². The number of ether oxygens (including phenoxy) is 1. The summed E-state index contributed by atoms with van der Waals surface area (Å²) in [4.78, 5) is 23.4. The Bertz CT molecular complexity index is 954. The molecule has 1 aliphatic heterocycles. The molecule has 1 aromatic carbocycles. The first-order valence-corrected chi connectivity index (χ1v) is 8.92. The van der Waals surface area contributed by atoms with E-state index >= 15 is 0 Å². The van der Waals surface area contributed by atoms with Crippen LogP contribution in [0.2, 0.25) is 0 Å². The first-order chi connectivity index (χ1) is 13.2. The first kappa shape index (κ1) is 17.3. The summed E-state index contributed by atoms with van der Waals surface area (Å²) in [6, 6.07) is 7.34. The second-order valence-electron chi connectivity index (χ2n) is 6.65. The zero-order valence-electron chi connectivity index (χ0n) is 15.3. The van der Waals surface area contributed by atoms with E-state index in [1.54, 1.807) is 7.11 Å². The molecule has 140 valence electrons. The van der Waals surface area contributed by atoms with E-state index in [0.717, 1.165) is 47.7 Å². The number of methoxy groups -OCH3 is 1. The second kappa shape index (κ2) is 7.22. The van der Waals surface area contributed by atoms with Crippen LogP contribution in [0.5, 0.6) is 5.75 Å². The van der Waals surface area contributed by atoms with Gasteiger partial charge in [-0.25, -0.2) is 4.98 Å². The maximum Gasteiger partial charge on any atom is 0.263 e. The van der Waals surface area contributed by atoms with E-state index in [0.29, 0.717) is 12.3 Å². The maximum absolute atomic E-state index is 12.7. The van der Waals surface area contributed by atoms with E-state index in [9.17, 15) is 4.79 Å². The van der Waals surface area contributed by atoms with Crippen LogP contribution < -0.4 is 15.0 Å². The highest BCUT2D eigenvalue weighted by Crippen LogP contribution is 2.30. The van der Waals surface area contributed by atoms with E-state index in [1.807, 2.05) is 31.2 Å². The highest BCUT2D eigenvalue weighted by atomic mass is 16.5. The minimum Gasteiger partial charge on any atom is -0.497 e. The predicted molar refractivity (Wildman–Crippen MR) is 101 cm³/mol. The fraction of sp³-hybridized carbons (Fsp3) is 0.368. The molecule has 8 nitrogen and oxygen atoms in total. The Labute approximate surface area is 156 Å². The van der Waals surface area contributed by atoms with Crippen LogP contribution in [0.15, 0.2) is 35.1 Å². The van der Waals surface area contributed by atoms with Crippen molar-refractivity contribution in [2.24, 2.45) is 5.92 Å².